The third-order valence-electron chi connectivity index (χ3n) is 3.90. The summed E-state index contributed by atoms with van der Waals surface area (Å²) in [4.78, 5) is 14.1. The van der Waals surface area contributed by atoms with Crippen LogP contribution >= 0.6 is 0 Å². The molecule has 0 saturated heterocycles. The lowest BCUT2D eigenvalue weighted by Gasteiger charge is -2.36. The third-order valence-corrected chi connectivity index (χ3v) is 3.90. The van der Waals surface area contributed by atoms with Crippen molar-refractivity contribution in [3.63, 3.8) is 0 Å². The van der Waals surface area contributed by atoms with Gasteiger partial charge in [0, 0.05) is 5.54 Å². The highest BCUT2D eigenvalue weighted by atomic mass is 19.1. The second-order valence-corrected chi connectivity index (χ2v) is 6.44. The molecule has 0 aliphatic rings. The van der Waals surface area contributed by atoms with Gasteiger partial charge in [-0.2, -0.15) is 0 Å². The summed E-state index contributed by atoms with van der Waals surface area (Å²) in [7, 11) is 0. The highest BCUT2D eigenvalue weighted by Crippen LogP contribution is 2.19. The second-order valence-electron chi connectivity index (χ2n) is 6.44. The molecule has 0 bridgehead atoms. The lowest BCUT2D eigenvalue weighted by molar-refractivity contribution is -0.119. The van der Waals surface area contributed by atoms with E-state index in [0.717, 1.165) is 5.56 Å². The molecule has 0 saturated carbocycles. The molecule has 0 fully saturated rings. The van der Waals surface area contributed by atoms with Gasteiger partial charge in [0.25, 0.3) is 0 Å². The Bertz CT molecular complexity index is 684. The number of hydrogen-bond acceptors (Lipinski definition) is 4. The zero-order valence-electron chi connectivity index (χ0n) is 14.2. The van der Waals surface area contributed by atoms with Crippen LogP contribution in [-0.2, 0) is 11.3 Å². The minimum atomic E-state index is -0.630. The molecule has 2 rings (SSSR count). The number of hydrogen-bond donors (Lipinski definition) is 2. The van der Waals surface area contributed by atoms with Crippen molar-refractivity contribution in [1.82, 2.24) is 4.90 Å². The maximum atomic E-state index is 13.8. The Balaban J connectivity index is 2.10. The predicted molar refractivity (Wildman–Crippen MR) is 90.0 cm³/mol. The SMILES string of the molecule is Cc1ccc(F)c(NC(=O)CN(Cc2ccco2)C(C)(C)CO)c1. The summed E-state index contributed by atoms with van der Waals surface area (Å²) < 4.78 is 19.1. The van der Waals surface area contributed by atoms with Gasteiger partial charge in [-0.15, -0.1) is 0 Å². The number of amides is 1. The molecule has 1 aromatic carbocycles. The number of rotatable bonds is 7. The molecule has 0 spiro atoms. The van der Waals surface area contributed by atoms with Crippen molar-refractivity contribution in [2.75, 3.05) is 18.5 Å². The molecule has 2 N–H and O–H groups in total. The average Bonchev–Trinajstić information content (AvgIpc) is 3.03. The van der Waals surface area contributed by atoms with E-state index in [1.165, 1.54) is 6.07 Å². The molecule has 130 valence electrons. The molecular formula is C18H23FN2O3. The predicted octanol–water partition coefficient (Wildman–Crippen LogP) is 2.94. The van der Waals surface area contributed by atoms with Gasteiger partial charge in [0.2, 0.25) is 5.91 Å². The van der Waals surface area contributed by atoms with Crippen LogP contribution in [0.4, 0.5) is 10.1 Å². The Morgan fingerprint density at radius 2 is 2.12 bits per heavy atom. The summed E-state index contributed by atoms with van der Waals surface area (Å²) in [5.74, 6) is -0.147. The van der Waals surface area contributed by atoms with Crippen molar-refractivity contribution in [1.29, 1.82) is 0 Å². The molecular weight excluding hydrogens is 311 g/mol. The molecule has 0 atom stereocenters. The van der Waals surface area contributed by atoms with E-state index in [9.17, 15) is 14.3 Å². The smallest absolute Gasteiger partial charge is 0.238 e. The normalized spacial score (nSPS) is 11.8. The van der Waals surface area contributed by atoms with Gasteiger partial charge < -0.3 is 14.8 Å². The number of nitrogens with one attached hydrogen (secondary N) is 1. The van der Waals surface area contributed by atoms with Crippen molar-refractivity contribution in [3.05, 3.63) is 53.7 Å². The molecule has 0 radical (unpaired) electrons. The summed E-state index contributed by atoms with van der Waals surface area (Å²) in [6.07, 6.45) is 1.56. The van der Waals surface area contributed by atoms with E-state index in [1.807, 2.05) is 20.8 Å². The van der Waals surface area contributed by atoms with E-state index in [4.69, 9.17) is 4.42 Å². The standard InChI is InChI=1S/C18H23FN2O3/c1-13-6-7-15(19)16(9-13)20-17(23)11-21(18(2,3)12-22)10-14-5-4-8-24-14/h4-9,22H,10-12H2,1-3H3,(H,20,23). The first-order chi connectivity index (χ1) is 11.3. The van der Waals surface area contributed by atoms with Gasteiger partial charge in [-0.05, 0) is 50.6 Å². The number of anilines is 1. The Kier molecular flexibility index (Phi) is 5.75. The number of halogens is 1. The van der Waals surface area contributed by atoms with Crippen molar-refractivity contribution >= 4 is 11.6 Å². The van der Waals surface area contributed by atoms with Crippen LogP contribution in [0.25, 0.3) is 0 Å². The largest absolute Gasteiger partial charge is 0.468 e. The van der Waals surface area contributed by atoms with Crippen molar-refractivity contribution < 1.29 is 18.7 Å². The number of benzene rings is 1. The van der Waals surface area contributed by atoms with E-state index in [0.29, 0.717) is 12.3 Å². The first kappa shape index (κ1) is 18.2. The maximum absolute atomic E-state index is 13.8. The Morgan fingerprint density at radius 1 is 1.38 bits per heavy atom. The highest BCUT2D eigenvalue weighted by molar-refractivity contribution is 5.92. The van der Waals surface area contributed by atoms with Gasteiger partial charge in [-0.25, -0.2) is 4.39 Å². The van der Waals surface area contributed by atoms with Crippen LogP contribution in [0.5, 0.6) is 0 Å². The molecule has 2 aromatic rings. The fourth-order valence-corrected chi connectivity index (χ4v) is 2.27. The minimum absolute atomic E-state index is 0.00163. The van der Waals surface area contributed by atoms with E-state index in [1.54, 1.807) is 35.4 Å². The third kappa shape index (κ3) is 4.66. The lowest BCUT2D eigenvalue weighted by Crippen LogP contribution is -2.49. The minimum Gasteiger partial charge on any atom is -0.468 e. The zero-order chi connectivity index (χ0) is 17.7. The first-order valence-corrected chi connectivity index (χ1v) is 7.76. The van der Waals surface area contributed by atoms with E-state index in [2.05, 4.69) is 5.32 Å². The topological polar surface area (TPSA) is 65.7 Å². The van der Waals surface area contributed by atoms with Gasteiger partial charge >= 0.3 is 0 Å². The molecule has 1 heterocycles. The Morgan fingerprint density at radius 3 is 2.75 bits per heavy atom. The van der Waals surface area contributed by atoms with Gasteiger partial charge in [0.1, 0.15) is 11.6 Å². The fraction of sp³-hybridized carbons (Fsp3) is 0.389. The van der Waals surface area contributed by atoms with E-state index < -0.39 is 11.4 Å². The van der Waals surface area contributed by atoms with Crippen molar-refractivity contribution in [3.8, 4) is 0 Å². The summed E-state index contributed by atoms with van der Waals surface area (Å²) >= 11 is 0. The summed E-state index contributed by atoms with van der Waals surface area (Å²) in [6.45, 7) is 5.73. The zero-order valence-corrected chi connectivity index (χ0v) is 14.2. The van der Waals surface area contributed by atoms with Gasteiger partial charge in [0.05, 0.1) is 31.6 Å². The van der Waals surface area contributed by atoms with Gasteiger partial charge in [0.15, 0.2) is 0 Å². The Labute approximate surface area is 141 Å². The van der Waals surface area contributed by atoms with Gasteiger partial charge in [-0.3, -0.25) is 9.69 Å². The van der Waals surface area contributed by atoms with Crippen LogP contribution in [0, 0.1) is 12.7 Å². The lowest BCUT2D eigenvalue weighted by atomic mass is 10.0. The van der Waals surface area contributed by atoms with Crippen molar-refractivity contribution in [2.45, 2.75) is 32.9 Å². The van der Waals surface area contributed by atoms with Crippen LogP contribution in [-0.4, -0.2) is 34.6 Å². The number of aliphatic hydroxyl groups is 1. The van der Waals surface area contributed by atoms with Crippen molar-refractivity contribution in [2.24, 2.45) is 0 Å². The summed E-state index contributed by atoms with van der Waals surface area (Å²) in [5.41, 5.74) is 0.379. The molecule has 0 unspecified atom stereocenters. The summed E-state index contributed by atoms with van der Waals surface area (Å²) in [5, 5.41) is 12.2. The number of nitrogens with zero attached hydrogens (tertiary/aromatic N) is 1. The monoisotopic (exact) mass is 334 g/mol. The molecule has 6 heteroatoms. The highest BCUT2D eigenvalue weighted by Gasteiger charge is 2.28. The fourth-order valence-electron chi connectivity index (χ4n) is 2.27. The first-order valence-electron chi connectivity index (χ1n) is 7.76. The Hall–Kier alpha value is -2.18. The van der Waals surface area contributed by atoms with Crippen LogP contribution < -0.4 is 5.32 Å². The number of aryl methyl sites for hydroxylation is 1. The molecule has 1 aromatic heterocycles. The number of carbonyl (C=O) groups is 1. The van der Waals surface area contributed by atoms with Crippen LogP contribution in [0.3, 0.4) is 0 Å². The molecule has 0 aliphatic heterocycles. The second kappa shape index (κ2) is 7.59. The van der Waals surface area contributed by atoms with Gasteiger partial charge in [-0.1, -0.05) is 6.07 Å². The van der Waals surface area contributed by atoms with Crippen LogP contribution in [0.15, 0.2) is 41.0 Å². The molecule has 5 nitrogen and oxygen atoms in total. The molecule has 0 aliphatic carbocycles. The quantitative estimate of drug-likeness (QED) is 0.817. The maximum Gasteiger partial charge on any atom is 0.238 e. The number of carbonyl (C=O) groups excluding carboxylic acids is 1. The van der Waals surface area contributed by atoms with Crippen LogP contribution in [0.2, 0.25) is 0 Å². The molecule has 1 amide bonds. The number of aliphatic hydroxyl groups excluding tert-OH is 1. The molecule has 24 heavy (non-hydrogen) atoms. The van der Waals surface area contributed by atoms with E-state index >= 15 is 0 Å². The van der Waals surface area contributed by atoms with E-state index in [-0.39, 0.29) is 24.7 Å². The number of furan rings is 1. The van der Waals surface area contributed by atoms with Crippen LogP contribution in [0.1, 0.15) is 25.2 Å². The summed E-state index contributed by atoms with van der Waals surface area (Å²) in [6, 6.07) is 8.12. The average molecular weight is 334 g/mol.